The van der Waals surface area contributed by atoms with E-state index in [4.69, 9.17) is 0 Å². The fraction of sp³-hybridized carbons (Fsp3) is 0.588. The van der Waals surface area contributed by atoms with E-state index < -0.39 is 0 Å². The molecular formula is C17H24BrNO. The van der Waals surface area contributed by atoms with Gasteiger partial charge in [0.15, 0.2) is 0 Å². The van der Waals surface area contributed by atoms with E-state index >= 15 is 0 Å². The molecule has 0 aromatic heterocycles. The number of halogens is 1. The van der Waals surface area contributed by atoms with Crippen molar-refractivity contribution < 1.29 is 4.79 Å². The van der Waals surface area contributed by atoms with Crippen molar-refractivity contribution in [3.8, 4) is 0 Å². The Labute approximate surface area is 130 Å². The minimum absolute atomic E-state index is 0.230. The summed E-state index contributed by atoms with van der Waals surface area (Å²) in [6.07, 6.45) is 5.03. The highest BCUT2D eigenvalue weighted by Gasteiger charge is 2.29. The van der Waals surface area contributed by atoms with Crippen molar-refractivity contribution in [1.82, 2.24) is 0 Å². The topological polar surface area (TPSA) is 20.3 Å². The van der Waals surface area contributed by atoms with Crippen LogP contribution in [0.1, 0.15) is 51.2 Å². The number of rotatable bonds is 5. The number of hydrogen-bond acceptors (Lipinski definition) is 1. The average molecular weight is 338 g/mol. The molecule has 110 valence electrons. The predicted octanol–water partition coefficient (Wildman–Crippen LogP) is 4.48. The van der Waals surface area contributed by atoms with Crippen LogP contribution in [0, 0.1) is 0 Å². The van der Waals surface area contributed by atoms with Gasteiger partial charge in [-0.3, -0.25) is 4.79 Å². The van der Waals surface area contributed by atoms with Gasteiger partial charge in [-0.05, 0) is 43.4 Å². The zero-order valence-corrected chi connectivity index (χ0v) is 14.2. The molecule has 0 saturated heterocycles. The van der Waals surface area contributed by atoms with Gasteiger partial charge in [0.1, 0.15) is 0 Å². The third kappa shape index (κ3) is 3.25. The maximum Gasteiger partial charge on any atom is 0.226 e. The van der Waals surface area contributed by atoms with Gasteiger partial charge in [0.2, 0.25) is 5.91 Å². The van der Waals surface area contributed by atoms with E-state index in [1.807, 2.05) is 11.8 Å². The van der Waals surface area contributed by atoms with E-state index in [0.29, 0.717) is 17.3 Å². The van der Waals surface area contributed by atoms with Gasteiger partial charge >= 0.3 is 0 Å². The Morgan fingerprint density at radius 1 is 1.45 bits per heavy atom. The molecule has 0 aliphatic carbocycles. The fourth-order valence-electron chi connectivity index (χ4n) is 3.03. The first kappa shape index (κ1) is 15.6. The molecule has 20 heavy (non-hydrogen) atoms. The maximum absolute atomic E-state index is 12.1. The minimum atomic E-state index is 0.230. The van der Waals surface area contributed by atoms with E-state index in [0.717, 1.165) is 18.5 Å². The van der Waals surface area contributed by atoms with Crippen LogP contribution >= 0.6 is 15.9 Å². The fourth-order valence-corrected chi connectivity index (χ4v) is 3.86. The second-order valence-electron chi connectivity index (χ2n) is 5.72. The summed E-state index contributed by atoms with van der Waals surface area (Å²) in [6.45, 7) is 6.28. The number of anilines is 1. The molecule has 0 saturated carbocycles. The lowest BCUT2D eigenvalue weighted by molar-refractivity contribution is -0.118. The van der Waals surface area contributed by atoms with Gasteiger partial charge in [0, 0.05) is 23.0 Å². The van der Waals surface area contributed by atoms with Crippen LogP contribution in [-0.2, 0) is 17.6 Å². The molecule has 1 aliphatic heterocycles. The Balaban J connectivity index is 2.18. The molecule has 1 aromatic carbocycles. The van der Waals surface area contributed by atoms with Gasteiger partial charge in [0.05, 0.1) is 0 Å². The molecule has 1 aliphatic rings. The Morgan fingerprint density at radius 3 is 2.85 bits per heavy atom. The number of amides is 1. The first-order valence-electron chi connectivity index (χ1n) is 7.64. The highest BCUT2D eigenvalue weighted by molar-refractivity contribution is 9.09. The van der Waals surface area contributed by atoms with E-state index in [2.05, 4.69) is 48.0 Å². The van der Waals surface area contributed by atoms with Crippen molar-refractivity contribution in [2.45, 2.75) is 63.7 Å². The van der Waals surface area contributed by atoms with Crippen molar-refractivity contribution >= 4 is 27.5 Å². The summed E-state index contributed by atoms with van der Waals surface area (Å²) in [5, 5.41) is 0. The molecule has 0 fully saturated rings. The molecule has 2 unspecified atom stereocenters. The van der Waals surface area contributed by atoms with E-state index in [9.17, 15) is 4.79 Å². The summed E-state index contributed by atoms with van der Waals surface area (Å²) in [4.78, 5) is 14.6. The minimum Gasteiger partial charge on any atom is -0.309 e. The summed E-state index contributed by atoms with van der Waals surface area (Å²) in [6, 6.07) is 6.89. The molecule has 2 nitrogen and oxygen atoms in total. The number of carbonyl (C=O) groups is 1. The lowest BCUT2D eigenvalue weighted by Gasteiger charge is -2.22. The second kappa shape index (κ2) is 6.75. The number of benzene rings is 1. The zero-order valence-electron chi connectivity index (χ0n) is 12.7. The number of hydrogen-bond donors (Lipinski definition) is 0. The van der Waals surface area contributed by atoms with Crippen LogP contribution in [0.2, 0.25) is 0 Å². The van der Waals surface area contributed by atoms with Crippen molar-refractivity contribution in [3.63, 3.8) is 0 Å². The largest absolute Gasteiger partial charge is 0.309 e. The molecule has 3 heteroatoms. The Bertz CT molecular complexity index is 486. The monoisotopic (exact) mass is 337 g/mol. The van der Waals surface area contributed by atoms with Gasteiger partial charge < -0.3 is 4.90 Å². The highest BCUT2D eigenvalue weighted by atomic mass is 79.9. The predicted molar refractivity (Wildman–Crippen MR) is 88.7 cm³/mol. The Kier molecular flexibility index (Phi) is 5.25. The molecule has 0 N–H and O–H groups in total. The van der Waals surface area contributed by atoms with E-state index in [1.54, 1.807) is 0 Å². The van der Waals surface area contributed by atoms with Crippen LogP contribution in [0.4, 0.5) is 5.69 Å². The van der Waals surface area contributed by atoms with Gasteiger partial charge in [0.25, 0.3) is 0 Å². The number of fused-ring (bicyclic) bond motifs is 1. The third-order valence-corrected chi connectivity index (χ3v) is 4.77. The van der Waals surface area contributed by atoms with Crippen LogP contribution in [0.25, 0.3) is 0 Å². The van der Waals surface area contributed by atoms with Crippen molar-refractivity contribution in [1.29, 1.82) is 0 Å². The lowest BCUT2D eigenvalue weighted by atomic mass is 10.0. The number of carbonyl (C=O) groups excluding carboxylic acids is 1. The molecule has 1 amide bonds. The lowest BCUT2D eigenvalue weighted by Crippen LogP contribution is -2.35. The maximum atomic E-state index is 12.1. The van der Waals surface area contributed by atoms with Crippen LogP contribution < -0.4 is 4.90 Å². The van der Waals surface area contributed by atoms with E-state index in [-0.39, 0.29) is 5.91 Å². The highest BCUT2D eigenvalue weighted by Crippen LogP contribution is 2.34. The van der Waals surface area contributed by atoms with Crippen molar-refractivity contribution in [3.05, 3.63) is 29.3 Å². The summed E-state index contributed by atoms with van der Waals surface area (Å²) < 4.78 is 0. The van der Waals surface area contributed by atoms with Crippen LogP contribution in [0.15, 0.2) is 18.2 Å². The summed E-state index contributed by atoms with van der Waals surface area (Å²) >= 11 is 3.75. The van der Waals surface area contributed by atoms with Crippen LogP contribution in [0.5, 0.6) is 0 Å². The standard InChI is InChI=1S/C17H24BrNO/c1-4-6-15(18)11-13-7-8-16-14(10-13)9-12(3)19(16)17(20)5-2/h7-8,10,12,15H,4-6,9,11H2,1-3H3. The molecule has 1 aromatic rings. The first-order chi connectivity index (χ1) is 9.56. The molecule has 2 rings (SSSR count). The Morgan fingerprint density at radius 2 is 2.20 bits per heavy atom. The molecule has 0 radical (unpaired) electrons. The second-order valence-corrected chi connectivity index (χ2v) is 7.02. The zero-order chi connectivity index (χ0) is 14.7. The average Bonchev–Trinajstić information content (AvgIpc) is 2.73. The summed E-state index contributed by atoms with van der Waals surface area (Å²) in [5.41, 5.74) is 3.82. The number of alkyl halides is 1. The summed E-state index contributed by atoms with van der Waals surface area (Å²) in [5.74, 6) is 0.230. The van der Waals surface area contributed by atoms with Gasteiger partial charge in [-0.15, -0.1) is 0 Å². The normalized spacial score (nSPS) is 19.0. The van der Waals surface area contributed by atoms with Gasteiger partial charge in [-0.25, -0.2) is 0 Å². The van der Waals surface area contributed by atoms with Crippen LogP contribution in [0.3, 0.4) is 0 Å². The van der Waals surface area contributed by atoms with Gasteiger partial charge in [-0.2, -0.15) is 0 Å². The number of nitrogens with zero attached hydrogens (tertiary/aromatic N) is 1. The smallest absolute Gasteiger partial charge is 0.226 e. The SMILES string of the molecule is CCCC(Br)Cc1ccc2c(c1)CC(C)N2C(=O)CC. The molecule has 1 heterocycles. The Hall–Kier alpha value is -0.830. The van der Waals surface area contributed by atoms with Crippen molar-refractivity contribution in [2.24, 2.45) is 0 Å². The molecule has 0 bridgehead atoms. The summed E-state index contributed by atoms with van der Waals surface area (Å²) in [7, 11) is 0. The van der Waals surface area contributed by atoms with Crippen LogP contribution in [-0.4, -0.2) is 16.8 Å². The third-order valence-electron chi connectivity index (χ3n) is 3.99. The molecule has 0 spiro atoms. The molecular weight excluding hydrogens is 314 g/mol. The van der Waals surface area contributed by atoms with E-state index in [1.165, 1.54) is 24.0 Å². The first-order valence-corrected chi connectivity index (χ1v) is 8.56. The van der Waals surface area contributed by atoms with Crippen molar-refractivity contribution in [2.75, 3.05) is 4.90 Å². The quantitative estimate of drug-likeness (QED) is 0.725. The molecule has 2 atom stereocenters. The van der Waals surface area contributed by atoms with Gasteiger partial charge in [-0.1, -0.05) is 48.3 Å².